The molecule has 2 aliphatic carbocycles. The molecule has 7 nitrogen and oxygen atoms in total. The summed E-state index contributed by atoms with van der Waals surface area (Å²) in [5.41, 5.74) is 7.45. The molecule has 0 aliphatic heterocycles. The minimum atomic E-state index is -0.953. The van der Waals surface area contributed by atoms with Gasteiger partial charge in [0, 0.05) is 5.56 Å². The molecule has 0 aromatic heterocycles. The molecule has 1 aromatic rings. The van der Waals surface area contributed by atoms with Gasteiger partial charge in [0.2, 0.25) is 5.91 Å². The van der Waals surface area contributed by atoms with Gasteiger partial charge in [-0.05, 0) is 69.2 Å². The summed E-state index contributed by atoms with van der Waals surface area (Å²) in [5, 5.41) is 9.71. The topological polar surface area (TPSA) is 105 Å². The summed E-state index contributed by atoms with van der Waals surface area (Å²) in [4.78, 5) is 37.1. The summed E-state index contributed by atoms with van der Waals surface area (Å²) in [6.45, 7) is 6.65. The van der Waals surface area contributed by atoms with E-state index in [2.05, 4.69) is 17.8 Å². The number of hydrogen-bond acceptors (Lipinski definition) is 4. The van der Waals surface area contributed by atoms with Gasteiger partial charge in [-0.3, -0.25) is 25.2 Å². The van der Waals surface area contributed by atoms with Crippen molar-refractivity contribution in [2.24, 2.45) is 23.7 Å². The van der Waals surface area contributed by atoms with E-state index in [1.54, 1.807) is 24.3 Å². The Bertz CT molecular complexity index is 842. The summed E-state index contributed by atoms with van der Waals surface area (Å²) >= 11 is 0. The number of carboxylic acids is 1. The van der Waals surface area contributed by atoms with E-state index >= 15 is 0 Å². The fourth-order valence-electron chi connectivity index (χ4n) is 4.92. The number of amides is 2. The molecule has 162 valence electrons. The van der Waals surface area contributed by atoms with Crippen LogP contribution in [0.2, 0.25) is 0 Å². The first-order valence-corrected chi connectivity index (χ1v) is 10.6. The van der Waals surface area contributed by atoms with Crippen LogP contribution >= 0.6 is 0 Å². The Kier molecular flexibility index (Phi) is 6.80. The maximum atomic E-state index is 12.8. The summed E-state index contributed by atoms with van der Waals surface area (Å²) in [5.74, 6) is -2.74. The molecule has 7 heteroatoms. The van der Waals surface area contributed by atoms with Crippen LogP contribution in [0.4, 0.5) is 0 Å². The number of benzene rings is 1. The van der Waals surface area contributed by atoms with Gasteiger partial charge in [-0.2, -0.15) is 0 Å². The van der Waals surface area contributed by atoms with Crippen LogP contribution in [0.1, 0.15) is 56.8 Å². The second-order valence-electron chi connectivity index (χ2n) is 8.31. The van der Waals surface area contributed by atoms with Crippen molar-refractivity contribution in [3.05, 3.63) is 41.0 Å². The van der Waals surface area contributed by atoms with E-state index in [9.17, 15) is 19.5 Å². The lowest BCUT2D eigenvalue weighted by atomic mass is 9.79. The highest BCUT2D eigenvalue weighted by molar-refractivity contribution is 5.96. The number of allylic oxidation sites excluding steroid dienone is 2. The van der Waals surface area contributed by atoms with Gasteiger partial charge in [-0.1, -0.05) is 24.5 Å². The molecule has 2 bridgehead atoms. The molecule has 0 spiro atoms. The molecule has 3 N–H and O–H groups in total. The molecular weight excluding hydrogens is 384 g/mol. The number of carbonyl (C=O) groups excluding carboxylic acids is 2. The highest BCUT2D eigenvalue weighted by atomic mass is 16.5. The fourth-order valence-corrected chi connectivity index (χ4v) is 4.92. The second-order valence-corrected chi connectivity index (χ2v) is 8.31. The Morgan fingerprint density at radius 3 is 2.23 bits per heavy atom. The number of unbranched alkanes of at least 4 members (excludes halogenated alkanes) is 1. The maximum absolute atomic E-state index is 12.8. The Hall–Kier alpha value is -2.83. The van der Waals surface area contributed by atoms with Crippen LogP contribution in [0.3, 0.4) is 0 Å². The highest BCUT2D eigenvalue weighted by Crippen LogP contribution is 2.57. The van der Waals surface area contributed by atoms with E-state index in [0.717, 1.165) is 36.8 Å². The second kappa shape index (κ2) is 9.32. The highest BCUT2D eigenvalue weighted by Gasteiger charge is 2.57. The standard InChI is InChI=1S/C23H30N2O5/c1-4-5-12-30-15-8-6-14(7-9-15)21(26)24-25-22(27)19-16-10-11-17(18(16)13(2)3)20(19)23(28)29/h6-9,16-17,19-20H,4-5,10-12H2,1-3H3,(H,24,26)(H,25,27)(H,28,29)/t16-,17+,19+,20+/m1/s1. The third kappa shape index (κ3) is 4.35. The fraction of sp³-hybridized carbons (Fsp3) is 0.522. The number of hydrogen-bond donors (Lipinski definition) is 3. The van der Waals surface area contributed by atoms with Crippen molar-refractivity contribution < 1.29 is 24.2 Å². The van der Waals surface area contributed by atoms with Crippen molar-refractivity contribution in [2.45, 2.75) is 46.5 Å². The van der Waals surface area contributed by atoms with Gasteiger partial charge in [0.05, 0.1) is 18.4 Å². The number of ether oxygens (including phenoxy) is 1. The molecule has 3 rings (SSSR count). The number of carbonyl (C=O) groups is 3. The third-order valence-corrected chi connectivity index (χ3v) is 6.19. The first-order chi connectivity index (χ1) is 14.3. The molecule has 30 heavy (non-hydrogen) atoms. The molecule has 0 unspecified atom stereocenters. The van der Waals surface area contributed by atoms with E-state index in [4.69, 9.17) is 4.74 Å². The molecule has 2 fully saturated rings. The van der Waals surface area contributed by atoms with E-state index in [-0.39, 0.29) is 11.8 Å². The van der Waals surface area contributed by atoms with Crippen molar-refractivity contribution in [2.75, 3.05) is 6.61 Å². The average molecular weight is 415 g/mol. The van der Waals surface area contributed by atoms with Gasteiger partial charge in [-0.25, -0.2) is 0 Å². The van der Waals surface area contributed by atoms with Gasteiger partial charge >= 0.3 is 5.97 Å². The van der Waals surface area contributed by atoms with E-state index in [0.29, 0.717) is 17.9 Å². The minimum absolute atomic E-state index is 0.0717. The number of nitrogens with one attached hydrogen (secondary N) is 2. The zero-order valence-electron chi connectivity index (χ0n) is 17.7. The van der Waals surface area contributed by atoms with Crippen LogP contribution < -0.4 is 15.6 Å². The van der Waals surface area contributed by atoms with Crippen molar-refractivity contribution >= 4 is 17.8 Å². The van der Waals surface area contributed by atoms with E-state index in [1.165, 1.54) is 0 Å². The lowest BCUT2D eigenvalue weighted by Crippen LogP contribution is -2.48. The number of hydrazine groups is 1. The summed E-state index contributed by atoms with van der Waals surface area (Å²) in [6, 6.07) is 6.68. The largest absolute Gasteiger partial charge is 0.494 e. The Labute approximate surface area is 176 Å². The van der Waals surface area contributed by atoms with Crippen LogP contribution in [0.5, 0.6) is 5.75 Å². The number of fused-ring (bicyclic) bond motifs is 2. The normalized spacial score (nSPS) is 24.4. The van der Waals surface area contributed by atoms with E-state index in [1.807, 2.05) is 13.8 Å². The minimum Gasteiger partial charge on any atom is -0.494 e. The summed E-state index contributed by atoms with van der Waals surface area (Å²) in [6.07, 6.45) is 3.61. The predicted molar refractivity (Wildman–Crippen MR) is 112 cm³/mol. The third-order valence-electron chi connectivity index (χ3n) is 6.19. The average Bonchev–Trinajstić information content (AvgIpc) is 3.29. The number of aliphatic carboxylic acids is 1. The van der Waals surface area contributed by atoms with Crippen LogP contribution in [0.15, 0.2) is 35.4 Å². The molecule has 1 aromatic carbocycles. The van der Waals surface area contributed by atoms with Crippen molar-refractivity contribution in [3.8, 4) is 5.75 Å². The van der Waals surface area contributed by atoms with Gasteiger partial charge in [-0.15, -0.1) is 0 Å². The maximum Gasteiger partial charge on any atom is 0.307 e. The van der Waals surface area contributed by atoms with Crippen LogP contribution in [0.25, 0.3) is 0 Å². The van der Waals surface area contributed by atoms with Crippen molar-refractivity contribution in [3.63, 3.8) is 0 Å². The number of carboxylic acid groups (broad SMARTS) is 1. The molecule has 0 heterocycles. The molecular formula is C23H30N2O5. The molecule has 2 amide bonds. The van der Waals surface area contributed by atoms with Crippen molar-refractivity contribution in [1.82, 2.24) is 10.9 Å². The van der Waals surface area contributed by atoms with Crippen LogP contribution in [0, 0.1) is 23.7 Å². The van der Waals surface area contributed by atoms with Crippen LogP contribution in [-0.2, 0) is 9.59 Å². The van der Waals surface area contributed by atoms with Crippen molar-refractivity contribution in [1.29, 1.82) is 0 Å². The van der Waals surface area contributed by atoms with E-state index < -0.39 is 29.6 Å². The zero-order valence-corrected chi connectivity index (χ0v) is 17.7. The van der Waals surface area contributed by atoms with Crippen LogP contribution in [-0.4, -0.2) is 29.5 Å². The quantitative estimate of drug-likeness (QED) is 0.361. The smallest absolute Gasteiger partial charge is 0.307 e. The zero-order chi connectivity index (χ0) is 21.8. The predicted octanol–water partition coefficient (Wildman–Crippen LogP) is 3.32. The Morgan fingerprint density at radius 1 is 1.03 bits per heavy atom. The molecule has 0 saturated heterocycles. The number of rotatable bonds is 7. The molecule has 2 aliphatic rings. The van der Waals surface area contributed by atoms with Gasteiger partial charge < -0.3 is 9.84 Å². The van der Waals surface area contributed by atoms with Gasteiger partial charge in [0.1, 0.15) is 5.75 Å². The first-order valence-electron chi connectivity index (χ1n) is 10.6. The first kappa shape index (κ1) is 21.9. The summed E-state index contributed by atoms with van der Waals surface area (Å²) in [7, 11) is 0. The van der Waals surface area contributed by atoms with Gasteiger partial charge in [0.15, 0.2) is 0 Å². The molecule has 0 radical (unpaired) electrons. The molecule has 2 saturated carbocycles. The van der Waals surface area contributed by atoms with Gasteiger partial charge in [0.25, 0.3) is 5.91 Å². The summed E-state index contributed by atoms with van der Waals surface area (Å²) < 4.78 is 5.58. The monoisotopic (exact) mass is 414 g/mol. The lowest BCUT2D eigenvalue weighted by molar-refractivity contribution is -0.149. The lowest BCUT2D eigenvalue weighted by Gasteiger charge is -2.26. The SMILES string of the molecule is CCCCOc1ccc(C(=O)NNC(=O)[C@@H]2[C@@H](C(=O)O)[C@H]3CC[C@@H]2C3=C(C)C)cc1. The Balaban J connectivity index is 1.61. The molecule has 4 atom stereocenters. The Morgan fingerprint density at radius 2 is 1.67 bits per heavy atom.